The Hall–Kier alpha value is -1.19. The van der Waals surface area contributed by atoms with Crippen molar-refractivity contribution in [1.82, 2.24) is 10.3 Å². The van der Waals surface area contributed by atoms with Gasteiger partial charge in [0.2, 0.25) is 0 Å². The van der Waals surface area contributed by atoms with Gasteiger partial charge in [-0.25, -0.2) is 4.98 Å². The van der Waals surface area contributed by atoms with E-state index in [1.165, 1.54) is 21.7 Å². The summed E-state index contributed by atoms with van der Waals surface area (Å²) in [5, 5.41) is 6.61. The van der Waals surface area contributed by atoms with Crippen molar-refractivity contribution in [3.63, 3.8) is 0 Å². The molecule has 0 bridgehead atoms. The smallest absolute Gasteiger partial charge is 0.0943 e. The Bertz CT molecular complexity index is 477. The third-order valence-electron chi connectivity index (χ3n) is 3.23. The van der Waals surface area contributed by atoms with Gasteiger partial charge < -0.3 is 5.32 Å². The van der Waals surface area contributed by atoms with Crippen LogP contribution in [0.5, 0.6) is 0 Å². The van der Waals surface area contributed by atoms with Crippen LogP contribution in [0, 0.1) is 13.8 Å². The first-order valence-electron chi connectivity index (χ1n) is 5.84. The van der Waals surface area contributed by atoms with Crippen molar-refractivity contribution in [3.8, 4) is 0 Å². The third kappa shape index (κ3) is 2.73. The maximum absolute atomic E-state index is 4.36. The molecule has 1 N–H and O–H groups in total. The van der Waals surface area contributed by atoms with E-state index in [0.29, 0.717) is 6.04 Å². The number of thiazole rings is 1. The lowest BCUT2D eigenvalue weighted by Gasteiger charge is -2.19. The molecule has 3 heteroatoms. The van der Waals surface area contributed by atoms with Gasteiger partial charge >= 0.3 is 0 Å². The van der Waals surface area contributed by atoms with Crippen LogP contribution in [0.25, 0.3) is 0 Å². The predicted octanol–water partition coefficient (Wildman–Crippen LogP) is 3.26. The van der Waals surface area contributed by atoms with E-state index in [0.717, 1.165) is 6.42 Å². The van der Waals surface area contributed by atoms with E-state index in [4.69, 9.17) is 0 Å². The van der Waals surface area contributed by atoms with Crippen LogP contribution in [0.15, 0.2) is 29.8 Å². The summed E-state index contributed by atoms with van der Waals surface area (Å²) in [7, 11) is 2.01. The van der Waals surface area contributed by atoms with Gasteiger partial charge in [0.15, 0.2) is 0 Å². The lowest BCUT2D eigenvalue weighted by molar-refractivity contribution is 0.587. The summed E-state index contributed by atoms with van der Waals surface area (Å²) in [4.78, 5) is 4.36. The minimum Gasteiger partial charge on any atom is -0.313 e. The normalized spacial score (nSPS) is 12.6. The van der Waals surface area contributed by atoms with Crippen molar-refractivity contribution in [2.45, 2.75) is 26.3 Å². The van der Waals surface area contributed by atoms with Gasteiger partial charge in [0.1, 0.15) is 0 Å². The fraction of sp³-hybridized carbons (Fsp3) is 0.357. The number of hydrogen-bond acceptors (Lipinski definition) is 3. The second-order valence-corrected chi connectivity index (χ2v) is 5.24. The van der Waals surface area contributed by atoms with Crippen molar-refractivity contribution in [2.75, 3.05) is 7.05 Å². The van der Waals surface area contributed by atoms with Crippen LogP contribution in [0.3, 0.4) is 0 Å². The predicted molar refractivity (Wildman–Crippen MR) is 73.5 cm³/mol. The molecule has 17 heavy (non-hydrogen) atoms. The molecule has 90 valence electrons. The third-order valence-corrected chi connectivity index (χ3v) is 4.03. The van der Waals surface area contributed by atoms with E-state index >= 15 is 0 Å². The Balaban J connectivity index is 2.26. The van der Waals surface area contributed by atoms with Gasteiger partial charge in [-0.1, -0.05) is 18.2 Å². The summed E-state index contributed by atoms with van der Waals surface area (Å²) in [5.74, 6) is 0. The average molecular weight is 246 g/mol. The highest BCUT2D eigenvalue weighted by Gasteiger charge is 2.14. The molecular formula is C14H18N2S. The van der Waals surface area contributed by atoms with Crippen molar-refractivity contribution in [2.24, 2.45) is 0 Å². The topological polar surface area (TPSA) is 24.9 Å². The zero-order chi connectivity index (χ0) is 12.3. The number of aryl methyl sites for hydroxylation is 1. The van der Waals surface area contributed by atoms with Gasteiger partial charge in [-0.2, -0.15) is 0 Å². The summed E-state index contributed by atoms with van der Waals surface area (Å²) in [6, 6.07) is 6.84. The molecule has 0 aliphatic rings. The number of hydrogen-bond donors (Lipinski definition) is 1. The highest BCUT2D eigenvalue weighted by atomic mass is 32.1. The number of likely N-dealkylation sites (N-methyl/N-ethyl adjacent to an activating group) is 1. The van der Waals surface area contributed by atoms with Gasteiger partial charge in [0, 0.05) is 24.0 Å². The summed E-state index contributed by atoms with van der Waals surface area (Å²) < 4.78 is 0. The number of aromatic nitrogens is 1. The van der Waals surface area contributed by atoms with Gasteiger partial charge in [0.25, 0.3) is 0 Å². The molecule has 0 aliphatic carbocycles. The molecule has 2 rings (SSSR count). The number of nitrogens with one attached hydrogen (secondary N) is 1. The van der Waals surface area contributed by atoms with E-state index in [2.05, 4.69) is 42.3 Å². The Kier molecular flexibility index (Phi) is 3.92. The first-order valence-corrected chi connectivity index (χ1v) is 6.72. The van der Waals surface area contributed by atoms with Crippen molar-refractivity contribution in [3.05, 3.63) is 51.5 Å². The molecule has 0 saturated heterocycles. The zero-order valence-electron chi connectivity index (χ0n) is 10.5. The van der Waals surface area contributed by atoms with Crippen LogP contribution in [0.2, 0.25) is 0 Å². The second-order valence-electron chi connectivity index (χ2n) is 4.26. The van der Waals surface area contributed by atoms with E-state index in [9.17, 15) is 0 Å². The van der Waals surface area contributed by atoms with Crippen LogP contribution in [0.4, 0.5) is 0 Å². The molecule has 1 aromatic carbocycles. The van der Waals surface area contributed by atoms with Gasteiger partial charge in [-0.15, -0.1) is 11.3 Å². The van der Waals surface area contributed by atoms with Crippen molar-refractivity contribution >= 4 is 11.3 Å². The Labute approximate surface area is 107 Å². The molecule has 0 radical (unpaired) electrons. The largest absolute Gasteiger partial charge is 0.313 e. The maximum atomic E-state index is 4.36. The molecule has 0 aliphatic heterocycles. The van der Waals surface area contributed by atoms with E-state index < -0.39 is 0 Å². The highest BCUT2D eigenvalue weighted by Crippen LogP contribution is 2.24. The molecule has 0 spiro atoms. The zero-order valence-corrected chi connectivity index (χ0v) is 11.3. The first-order chi connectivity index (χ1) is 8.22. The van der Waals surface area contributed by atoms with Crippen LogP contribution >= 0.6 is 11.3 Å². The lowest BCUT2D eigenvalue weighted by Crippen LogP contribution is -2.20. The molecule has 1 aromatic heterocycles. The van der Waals surface area contributed by atoms with E-state index in [1.54, 1.807) is 11.3 Å². The molecule has 1 unspecified atom stereocenters. The fourth-order valence-electron chi connectivity index (χ4n) is 2.05. The quantitative estimate of drug-likeness (QED) is 0.895. The minimum absolute atomic E-state index is 0.348. The maximum Gasteiger partial charge on any atom is 0.0943 e. The molecular weight excluding hydrogens is 228 g/mol. The summed E-state index contributed by atoms with van der Waals surface area (Å²) in [6.45, 7) is 4.35. The molecule has 1 heterocycles. The Morgan fingerprint density at radius 2 is 2.18 bits per heavy atom. The summed E-state index contributed by atoms with van der Waals surface area (Å²) in [5.41, 5.74) is 4.10. The standard InChI is InChI=1S/C14H18N2S/c1-10-5-4-6-12(11(10)2)13(15-3)9-14-16-7-8-17-14/h4-8,13,15H,9H2,1-3H3. The van der Waals surface area contributed by atoms with Crippen LogP contribution in [-0.2, 0) is 6.42 Å². The molecule has 2 nitrogen and oxygen atoms in total. The summed E-state index contributed by atoms with van der Waals surface area (Å²) in [6.07, 6.45) is 2.83. The SMILES string of the molecule is CNC(Cc1nccs1)c1cccc(C)c1C. The Morgan fingerprint density at radius 3 is 2.82 bits per heavy atom. The van der Waals surface area contributed by atoms with E-state index in [-0.39, 0.29) is 0 Å². The van der Waals surface area contributed by atoms with Crippen LogP contribution in [0.1, 0.15) is 27.7 Å². The monoisotopic (exact) mass is 246 g/mol. The minimum atomic E-state index is 0.348. The number of nitrogens with zero attached hydrogens (tertiary/aromatic N) is 1. The summed E-state index contributed by atoms with van der Waals surface area (Å²) >= 11 is 1.72. The average Bonchev–Trinajstić information content (AvgIpc) is 2.83. The molecule has 0 amide bonds. The lowest BCUT2D eigenvalue weighted by atomic mass is 9.96. The molecule has 2 aromatic rings. The van der Waals surface area contributed by atoms with Crippen molar-refractivity contribution in [1.29, 1.82) is 0 Å². The van der Waals surface area contributed by atoms with Crippen LogP contribution < -0.4 is 5.32 Å². The molecule has 0 saturated carbocycles. The first kappa shape index (κ1) is 12.3. The van der Waals surface area contributed by atoms with E-state index in [1.807, 2.05) is 18.6 Å². The van der Waals surface area contributed by atoms with Crippen LogP contribution in [-0.4, -0.2) is 12.0 Å². The van der Waals surface area contributed by atoms with Gasteiger partial charge in [0.05, 0.1) is 5.01 Å². The Morgan fingerprint density at radius 1 is 1.35 bits per heavy atom. The number of rotatable bonds is 4. The molecule has 1 atom stereocenters. The van der Waals surface area contributed by atoms with Gasteiger partial charge in [-0.05, 0) is 37.6 Å². The second kappa shape index (κ2) is 5.43. The highest BCUT2D eigenvalue weighted by molar-refractivity contribution is 7.09. The van der Waals surface area contributed by atoms with Gasteiger partial charge in [-0.3, -0.25) is 0 Å². The number of benzene rings is 1. The van der Waals surface area contributed by atoms with Crippen molar-refractivity contribution < 1.29 is 0 Å². The molecule has 0 fully saturated rings. The fourth-order valence-corrected chi connectivity index (χ4v) is 2.71.